The molecule has 1 amide bonds. The van der Waals surface area contributed by atoms with Crippen LogP contribution < -0.4 is 15.5 Å². The van der Waals surface area contributed by atoms with Gasteiger partial charge in [0.05, 0.1) is 15.7 Å². The maximum atomic E-state index is 11.2. The largest absolute Gasteiger partial charge is 0.368 e. The molecule has 0 radical (unpaired) electrons. The van der Waals surface area contributed by atoms with Gasteiger partial charge in [-0.25, -0.2) is 0 Å². The zero-order valence-electron chi connectivity index (χ0n) is 12.4. The van der Waals surface area contributed by atoms with Gasteiger partial charge in [0.2, 0.25) is 0 Å². The van der Waals surface area contributed by atoms with Crippen molar-refractivity contribution in [3.8, 4) is 0 Å². The van der Waals surface area contributed by atoms with Crippen molar-refractivity contribution in [1.29, 1.82) is 0 Å². The molecule has 1 saturated heterocycles. The molecule has 0 aliphatic carbocycles. The monoisotopic (exact) mass is 350 g/mol. The number of anilines is 2. The molecule has 0 bridgehead atoms. The Bertz CT molecular complexity index is 730. The van der Waals surface area contributed by atoms with E-state index in [9.17, 15) is 4.79 Å². The Morgan fingerprint density at radius 1 is 1.09 bits per heavy atom. The minimum absolute atomic E-state index is 0.280. The summed E-state index contributed by atoms with van der Waals surface area (Å²) in [6, 6.07) is 9.27. The van der Waals surface area contributed by atoms with Crippen LogP contribution in [0.2, 0.25) is 10.0 Å². The van der Waals surface area contributed by atoms with Crippen LogP contribution in [-0.4, -0.2) is 37.1 Å². The Balaban J connectivity index is 1.72. The summed E-state index contributed by atoms with van der Waals surface area (Å²) in [6.45, 7) is 3.25. The lowest BCUT2D eigenvalue weighted by Crippen LogP contribution is -2.46. The molecule has 0 atom stereocenters. The fourth-order valence-electron chi connectivity index (χ4n) is 2.69. The van der Waals surface area contributed by atoms with Gasteiger partial charge in [-0.1, -0.05) is 29.3 Å². The third-order valence-corrected chi connectivity index (χ3v) is 4.72. The highest BCUT2D eigenvalue weighted by Gasteiger charge is 2.20. The molecule has 1 aliphatic rings. The van der Waals surface area contributed by atoms with Crippen LogP contribution in [0, 0.1) is 0 Å². The van der Waals surface area contributed by atoms with Crippen LogP contribution in [0.4, 0.5) is 11.4 Å². The zero-order valence-corrected chi connectivity index (χ0v) is 13.9. The number of rotatable bonds is 3. The van der Waals surface area contributed by atoms with Crippen molar-refractivity contribution in [2.24, 2.45) is 5.73 Å². The number of hydrogen-bond acceptors (Lipinski definition) is 4. The molecule has 120 valence electrons. The van der Waals surface area contributed by atoms with E-state index >= 15 is 0 Å². The molecular formula is C16H16Cl2N4O. The summed E-state index contributed by atoms with van der Waals surface area (Å²) in [5, 5.41) is 1.15. The smallest absolute Gasteiger partial charge is 0.267 e. The van der Waals surface area contributed by atoms with Crippen LogP contribution >= 0.6 is 23.2 Å². The van der Waals surface area contributed by atoms with Gasteiger partial charge < -0.3 is 15.5 Å². The number of benzene rings is 1. The van der Waals surface area contributed by atoms with Crippen molar-refractivity contribution in [2.45, 2.75) is 0 Å². The molecule has 1 aromatic carbocycles. The van der Waals surface area contributed by atoms with E-state index in [1.54, 1.807) is 18.3 Å². The Labute approximate surface area is 144 Å². The summed E-state index contributed by atoms with van der Waals surface area (Å²) in [4.78, 5) is 19.6. The SMILES string of the molecule is NC(=O)c1cc(N2CCN(c3cccc(Cl)c3Cl)CC2)ccn1. The van der Waals surface area contributed by atoms with E-state index < -0.39 is 5.91 Å². The van der Waals surface area contributed by atoms with Crippen LogP contribution in [0.1, 0.15) is 10.5 Å². The summed E-state index contributed by atoms with van der Waals surface area (Å²) < 4.78 is 0. The molecule has 2 aromatic rings. The van der Waals surface area contributed by atoms with E-state index in [1.807, 2.05) is 18.2 Å². The minimum Gasteiger partial charge on any atom is -0.368 e. The highest BCUT2D eigenvalue weighted by Crippen LogP contribution is 2.33. The average molecular weight is 351 g/mol. The van der Waals surface area contributed by atoms with E-state index in [0.717, 1.165) is 37.6 Å². The topological polar surface area (TPSA) is 62.5 Å². The third-order valence-electron chi connectivity index (χ3n) is 3.91. The molecule has 0 saturated carbocycles. The van der Waals surface area contributed by atoms with Gasteiger partial charge in [-0.3, -0.25) is 9.78 Å². The second-order valence-corrected chi connectivity index (χ2v) is 6.10. The number of piperazine rings is 1. The van der Waals surface area contributed by atoms with Gasteiger partial charge in [-0.15, -0.1) is 0 Å². The van der Waals surface area contributed by atoms with Crippen LogP contribution in [0.25, 0.3) is 0 Å². The van der Waals surface area contributed by atoms with Crippen LogP contribution in [0.3, 0.4) is 0 Å². The van der Waals surface area contributed by atoms with Crippen LogP contribution in [0.15, 0.2) is 36.5 Å². The number of aromatic nitrogens is 1. The molecule has 0 spiro atoms. The molecule has 2 N–H and O–H groups in total. The number of pyridine rings is 1. The summed E-state index contributed by atoms with van der Waals surface area (Å²) in [7, 11) is 0. The van der Waals surface area contributed by atoms with Gasteiger partial charge in [0.15, 0.2) is 0 Å². The number of carbonyl (C=O) groups excluding carboxylic acids is 1. The molecule has 1 aliphatic heterocycles. The summed E-state index contributed by atoms with van der Waals surface area (Å²) in [6.07, 6.45) is 1.61. The van der Waals surface area contributed by atoms with E-state index in [-0.39, 0.29) is 5.69 Å². The fourth-order valence-corrected chi connectivity index (χ4v) is 3.11. The predicted octanol–water partition coefficient (Wildman–Crippen LogP) is 2.81. The molecule has 23 heavy (non-hydrogen) atoms. The average Bonchev–Trinajstić information content (AvgIpc) is 2.58. The lowest BCUT2D eigenvalue weighted by atomic mass is 10.2. The molecule has 1 aromatic heterocycles. The number of carbonyl (C=O) groups is 1. The van der Waals surface area contributed by atoms with Crippen LogP contribution in [-0.2, 0) is 0 Å². The fraction of sp³-hybridized carbons (Fsp3) is 0.250. The second-order valence-electron chi connectivity index (χ2n) is 5.31. The Morgan fingerprint density at radius 2 is 1.78 bits per heavy atom. The highest BCUT2D eigenvalue weighted by molar-refractivity contribution is 6.43. The van der Waals surface area contributed by atoms with E-state index in [2.05, 4.69) is 14.8 Å². The number of nitrogens with zero attached hydrogens (tertiary/aromatic N) is 3. The lowest BCUT2D eigenvalue weighted by Gasteiger charge is -2.37. The maximum Gasteiger partial charge on any atom is 0.267 e. The first-order valence-electron chi connectivity index (χ1n) is 7.26. The zero-order chi connectivity index (χ0) is 16.4. The minimum atomic E-state index is -0.517. The van der Waals surface area contributed by atoms with Crippen molar-refractivity contribution in [3.63, 3.8) is 0 Å². The standard InChI is InChI=1S/C16H16Cl2N4O/c17-12-2-1-3-14(15(12)18)22-8-6-21(7-9-22)11-4-5-20-13(10-11)16(19)23/h1-5,10H,6-9H2,(H2,19,23). The molecule has 1 fully saturated rings. The van der Waals surface area contributed by atoms with Crippen LogP contribution in [0.5, 0.6) is 0 Å². The van der Waals surface area contributed by atoms with E-state index in [4.69, 9.17) is 28.9 Å². The van der Waals surface area contributed by atoms with Gasteiger partial charge in [0.25, 0.3) is 5.91 Å². The van der Waals surface area contributed by atoms with Gasteiger partial charge in [-0.2, -0.15) is 0 Å². The highest BCUT2D eigenvalue weighted by atomic mass is 35.5. The van der Waals surface area contributed by atoms with Crippen molar-refractivity contribution in [3.05, 3.63) is 52.3 Å². The number of primary amides is 1. The Kier molecular flexibility index (Phi) is 4.59. The number of halogens is 2. The molecule has 0 unspecified atom stereocenters. The number of amides is 1. The van der Waals surface area contributed by atoms with Gasteiger partial charge in [0.1, 0.15) is 5.69 Å². The number of hydrogen-bond donors (Lipinski definition) is 1. The molecular weight excluding hydrogens is 335 g/mol. The van der Waals surface area contributed by atoms with Crippen molar-refractivity contribution in [1.82, 2.24) is 4.98 Å². The van der Waals surface area contributed by atoms with Crippen molar-refractivity contribution >= 4 is 40.5 Å². The maximum absolute atomic E-state index is 11.2. The van der Waals surface area contributed by atoms with Gasteiger partial charge in [0, 0.05) is 38.1 Å². The van der Waals surface area contributed by atoms with Gasteiger partial charge in [-0.05, 0) is 24.3 Å². The summed E-state index contributed by atoms with van der Waals surface area (Å²) in [5.41, 5.74) is 7.47. The quantitative estimate of drug-likeness (QED) is 0.924. The normalized spacial score (nSPS) is 14.9. The second kappa shape index (κ2) is 6.64. The molecule has 3 rings (SSSR count). The molecule has 2 heterocycles. The number of nitrogens with two attached hydrogens (primary N) is 1. The van der Waals surface area contributed by atoms with Gasteiger partial charge >= 0.3 is 0 Å². The lowest BCUT2D eigenvalue weighted by molar-refractivity contribution is 0.0995. The van der Waals surface area contributed by atoms with Crippen molar-refractivity contribution in [2.75, 3.05) is 36.0 Å². The third kappa shape index (κ3) is 3.35. The Morgan fingerprint density at radius 3 is 2.48 bits per heavy atom. The molecule has 5 nitrogen and oxygen atoms in total. The molecule has 7 heteroatoms. The van der Waals surface area contributed by atoms with Crippen molar-refractivity contribution < 1.29 is 4.79 Å². The van der Waals surface area contributed by atoms with E-state index in [0.29, 0.717) is 10.0 Å². The Hall–Kier alpha value is -1.98. The first-order valence-corrected chi connectivity index (χ1v) is 8.01. The van der Waals surface area contributed by atoms with E-state index in [1.165, 1.54) is 0 Å². The summed E-state index contributed by atoms with van der Waals surface area (Å²) in [5.74, 6) is -0.517. The first kappa shape index (κ1) is 15.9. The first-order chi connectivity index (χ1) is 11.1. The predicted molar refractivity (Wildman–Crippen MR) is 93.6 cm³/mol. The summed E-state index contributed by atoms with van der Waals surface area (Å²) >= 11 is 12.4.